The Hall–Kier alpha value is -5.41. The first-order chi connectivity index (χ1) is 23.4. The first-order valence-electron chi connectivity index (χ1n) is 15.4. The molecule has 1 atom stereocenters. The zero-order chi connectivity index (χ0) is 34.7. The number of aromatic hydroxyl groups is 2. The molecule has 4 aromatic carbocycles. The number of rotatable bonds is 7. The van der Waals surface area contributed by atoms with Crippen LogP contribution in [0.15, 0.2) is 94.7 Å². The van der Waals surface area contributed by atoms with Gasteiger partial charge in [0.1, 0.15) is 17.5 Å². The molecule has 0 saturated heterocycles. The number of carbonyl (C=O) groups is 3. The molecule has 0 spiro atoms. The number of benzene rings is 4. The van der Waals surface area contributed by atoms with Crippen molar-refractivity contribution in [2.75, 3.05) is 16.2 Å². The first kappa shape index (κ1) is 32.2. The fourth-order valence-corrected chi connectivity index (χ4v) is 9.44. The van der Waals surface area contributed by atoms with Crippen molar-refractivity contribution in [3.8, 4) is 22.6 Å². The molecule has 0 radical (unpaired) electrons. The van der Waals surface area contributed by atoms with Gasteiger partial charge >= 0.3 is 0 Å². The van der Waals surface area contributed by atoms with Crippen molar-refractivity contribution < 1.29 is 41.4 Å². The summed E-state index contributed by atoms with van der Waals surface area (Å²) in [6.45, 7) is -1.00. The molecule has 0 unspecified atom stereocenters. The van der Waals surface area contributed by atoms with E-state index in [9.17, 15) is 41.4 Å². The topological polar surface area (TPSA) is 190 Å². The number of carbonyl (C=O) groups excluding carboxylic acids is 3. The zero-order valence-electron chi connectivity index (χ0n) is 25.7. The van der Waals surface area contributed by atoms with Crippen LogP contribution in [0, 0.1) is 0 Å². The third-order valence-electron chi connectivity index (χ3n) is 8.98. The van der Waals surface area contributed by atoms with Crippen LogP contribution in [-0.4, -0.2) is 61.7 Å². The maximum atomic E-state index is 14.5. The normalized spacial score (nSPS) is 17.7. The number of hydrogen-bond donors (Lipinski definition) is 4. The molecular weight excluding hydrogens is 673 g/mol. The summed E-state index contributed by atoms with van der Waals surface area (Å²) in [5.74, 6) is -3.65. The van der Waals surface area contributed by atoms with E-state index in [0.717, 1.165) is 29.9 Å². The summed E-state index contributed by atoms with van der Waals surface area (Å²) in [6, 6.07) is 18.1. The van der Waals surface area contributed by atoms with Crippen molar-refractivity contribution in [3.05, 3.63) is 96.1 Å². The largest absolute Gasteiger partial charge is 0.504 e. The highest BCUT2D eigenvalue weighted by Gasteiger charge is 2.44. The highest BCUT2D eigenvalue weighted by molar-refractivity contribution is 7.93. The lowest BCUT2D eigenvalue weighted by Crippen LogP contribution is -2.50. The lowest BCUT2D eigenvalue weighted by atomic mass is 9.99. The van der Waals surface area contributed by atoms with Gasteiger partial charge in [-0.05, 0) is 60.9 Å². The number of anilines is 2. The van der Waals surface area contributed by atoms with E-state index in [4.69, 9.17) is 0 Å². The van der Waals surface area contributed by atoms with Crippen LogP contribution in [0.3, 0.4) is 0 Å². The van der Waals surface area contributed by atoms with Gasteiger partial charge in [0.25, 0.3) is 26.0 Å². The molecule has 4 N–H and O–H groups in total. The van der Waals surface area contributed by atoms with Crippen molar-refractivity contribution in [2.45, 2.75) is 47.6 Å². The highest BCUT2D eigenvalue weighted by atomic mass is 32.2. The van der Waals surface area contributed by atoms with Gasteiger partial charge in [-0.15, -0.1) is 0 Å². The lowest BCUT2D eigenvalue weighted by Gasteiger charge is -2.34. The Balaban J connectivity index is 1.38. The van der Waals surface area contributed by atoms with Crippen LogP contribution in [-0.2, 0) is 29.6 Å². The minimum absolute atomic E-state index is 0.00785. The number of phenolic OH excluding ortho intramolecular Hbond substituents is 2. The Kier molecular flexibility index (Phi) is 7.83. The van der Waals surface area contributed by atoms with Crippen LogP contribution in [0.2, 0.25) is 0 Å². The lowest BCUT2D eigenvalue weighted by molar-refractivity contribution is -0.127. The maximum absolute atomic E-state index is 14.5. The molecule has 1 fully saturated rings. The third kappa shape index (κ3) is 5.54. The van der Waals surface area contributed by atoms with E-state index in [2.05, 4.69) is 10.0 Å². The molecule has 1 saturated carbocycles. The van der Waals surface area contributed by atoms with Crippen LogP contribution >= 0.6 is 0 Å². The zero-order valence-corrected chi connectivity index (χ0v) is 27.4. The predicted molar refractivity (Wildman–Crippen MR) is 178 cm³/mol. The quantitative estimate of drug-likeness (QED) is 0.207. The van der Waals surface area contributed by atoms with E-state index in [0.29, 0.717) is 28.3 Å². The summed E-state index contributed by atoms with van der Waals surface area (Å²) in [5, 5.41) is 23.5. The SMILES string of the molecule is O=C(NC1CCCC1)[C@@H](c1ccc(O)c(O)c1)N(C(=O)CN1C(=O)c2ccccc2S1(=O)=O)c1ccc2c(c1)NS(=O)(=O)c1ccccc1-2. The molecule has 1 aliphatic carbocycles. The summed E-state index contributed by atoms with van der Waals surface area (Å²) in [6.07, 6.45) is 3.12. The molecular formula is C34H30N4O9S2. The predicted octanol–water partition coefficient (Wildman–Crippen LogP) is 3.86. The second kappa shape index (κ2) is 11.9. The average Bonchev–Trinajstić information content (AvgIpc) is 3.65. The van der Waals surface area contributed by atoms with Gasteiger partial charge in [-0.1, -0.05) is 55.3 Å². The molecule has 4 aromatic rings. The van der Waals surface area contributed by atoms with E-state index in [1.165, 1.54) is 48.5 Å². The number of phenols is 2. The molecule has 3 amide bonds. The number of nitrogens with one attached hydrogen (secondary N) is 2. The van der Waals surface area contributed by atoms with Crippen LogP contribution < -0.4 is 14.9 Å². The Morgan fingerprint density at radius 2 is 1.51 bits per heavy atom. The second-order valence-corrected chi connectivity index (χ2v) is 15.5. The van der Waals surface area contributed by atoms with Gasteiger partial charge in [0.05, 0.1) is 16.1 Å². The minimum Gasteiger partial charge on any atom is -0.504 e. The summed E-state index contributed by atoms with van der Waals surface area (Å²) in [4.78, 5) is 42.8. The van der Waals surface area contributed by atoms with E-state index in [1.54, 1.807) is 24.3 Å². The molecule has 2 aliphatic heterocycles. The third-order valence-corrected chi connectivity index (χ3v) is 12.2. The van der Waals surface area contributed by atoms with Crippen molar-refractivity contribution in [1.82, 2.24) is 9.62 Å². The number of fused-ring (bicyclic) bond motifs is 4. The van der Waals surface area contributed by atoms with Crippen molar-refractivity contribution in [1.29, 1.82) is 0 Å². The van der Waals surface area contributed by atoms with Crippen LogP contribution in [0.1, 0.15) is 47.6 Å². The van der Waals surface area contributed by atoms with Crippen molar-refractivity contribution in [3.63, 3.8) is 0 Å². The fourth-order valence-electron chi connectivity index (χ4n) is 6.63. The van der Waals surface area contributed by atoms with Gasteiger partial charge in [-0.3, -0.25) is 24.0 Å². The molecule has 13 nitrogen and oxygen atoms in total. The number of amides is 3. The van der Waals surface area contributed by atoms with E-state index >= 15 is 0 Å². The van der Waals surface area contributed by atoms with E-state index in [-0.39, 0.29) is 38.3 Å². The standard InChI is InChI=1S/C34H30N4O9S2/c39-27-16-13-20(17-28(27)40)32(33(42)35-21-7-1-2-8-21)38(31(41)19-37-34(43)25-10-4-6-12-30(25)49(37,46)47)22-14-15-23-24-9-3-5-11-29(24)48(44,45)36-26(23)18-22/h3-6,9-18,21,32,36,39-40H,1-2,7-8,19H2,(H,35,42)/t32-/m1/s1. The molecule has 252 valence electrons. The van der Waals surface area contributed by atoms with Gasteiger partial charge in [0.2, 0.25) is 11.8 Å². The van der Waals surface area contributed by atoms with Gasteiger partial charge in [-0.2, -0.15) is 0 Å². The summed E-state index contributed by atoms with van der Waals surface area (Å²) in [5.41, 5.74) is 0.931. The molecule has 15 heteroatoms. The molecule has 2 heterocycles. The Labute approximate surface area is 281 Å². The van der Waals surface area contributed by atoms with Crippen LogP contribution in [0.25, 0.3) is 11.1 Å². The second-order valence-electron chi connectivity index (χ2n) is 12.0. The average molecular weight is 703 g/mol. The Morgan fingerprint density at radius 1 is 0.837 bits per heavy atom. The van der Waals surface area contributed by atoms with Gasteiger partial charge in [-0.25, -0.2) is 21.1 Å². The Bertz CT molecular complexity index is 2270. The van der Waals surface area contributed by atoms with Crippen molar-refractivity contribution in [2.24, 2.45) is 0 Å². The number of nitrogens with zero attached hydrogens (tertiary/aromatic N) is 2. The molecule has 0 aromatic heterocycles. The van der Waals surface area contributed by atoms with E-state index in [1.807, 2.05) is 0 Å². The molecule has 0 bridgehead atoms. The Morgan fingerprint density at radius 3 is 2.20 bits per heavy atom. The maximum Gasteiger partial charge on any atom is 0.269 e. The van der Waals surface area contributed by atoms with Gasteiger partial charge in [0.15, 0.2) is 11.5 Å². The summed E-state index contributed by atoms with van der Waals surface area (Å²) >= 11 is 0. The molecule has 3 aliphatic rings. The van der Waals surface area contributed by atoms with Gasteiger partial charge in [0, 0.05) is 22.9 Å². The summed E-state index contributed by atoms with van der Waals surface area (Å²) < 4.78 is 56.3. The monoisotopic (exact) mass is 702 g/mol. The number of hydrogen-bond acceptors (Lipinski definition) is 9. The van der Waals surface area contributed by atoms with Crippen molar-refractivity contribution >= 4 is 49.1 Å². The highest BCUT2D eigenvalue weighted by Crippen LogP contribution is 2.43. The fraction of sp³-hybridized carbons (Fsp3) is 0.206. The summed E-state index contributed by atoms with van der Waals surface area (Å²) in [7, 11) is -8.47. The minimum atomic E-state index is -4.44. The number of sulfonamides is 2. The molecule has 49 heavy (non-hydrogen) atoms. The smallest absolute Gasteiger partial charge is 0.269 e. The van der Waals surface area contributed by atoms with Gasteiger partial charge < -0.3 is 15.5 Å². The van der Waals surface area contributed by atoms with Crippen LogP contribution in [0.5, 0.6) is 11.5 Å². The molecule has 7 rings (SSSR count). The van der Waals surface area contributed by atoms with E-state index < -0.39 is 61.9 Å². The van der Waals surface area contributed by atoms with Crippen LogP contribution in [0.4, 0.5) is 11.4 Å². The first-order valence-corrected chi connectivity index (χ1v) is 18.4.